The molecule has 2 aromatic heterocycles. The number of ketones is 1. The molecular weight excluding hydrogens is 414 g/mol. The van der Waals surface area contributed by atoms with Crippen LogP contribution in [0.15, 0.2) is 46.8 Å². The number of carbonyl (C=O) groups excluding carboxylic acids is 2. The molecule has 5 rings (SSSR count). The third-order valence-corrected chi connectivity index (χ3v) is 6.24. The largest absolute Gasteiger partial charge is 0.507 e. The molecular formula is C19H13N3O5S2. The molecule has 1 saturated heterocycles. The van der Waals surface area contributed by atoms with Gasteiger partial charge < -0.3 is 14.6 Å². The van der Waals surface area contributed by atoms with E-state index in [-0.39, 0.29) is 11.3 Å². The van der Waals surface area contributed by atoms with Crippen LogP contribution in [-0.4, -0.2) is 40.2 Å². The molecule has 0 radical (unpaired) electrons. The van der Waals surface area contributed by atoms with Crippen LogP contribution in [0.5, 0.6) is 11.5 Å². The van der Waals surface area contributed by atoms with Crippen molar-refractivity contribution in [3.8, 4) is 11.5 Å². The molecule has 2 aliphatic rings. The van der Waals surface area contributed by atoms with E-state index in [1.807, 2.05) is 17.5 Å². The van der Waals surface area contributed by atoms with E-state index in [4.69, 9.17) is 9.47 Å². The van der Waals surface area contributed by atoms with Crippen LogP contribution in [0.3, 0.4) is 0 Å². The Morgan fingerprint density at radius 2 is 1.97 bits per heavy atom. The number of ether oxygens (including phenoxy) is 2. The molecule has 1 amide bonds. The SMILES string of the molecule is O=C1C(=O)N(c2nncs2)C(c2cccs2)/C1=C(\O)c1ccc2c(c1)OCCO2. The van der Waals surface area contributed by atoms with Gasteiger partial charge in [0.2, 0.25) is 5.13 Å². The van der Waals surface area contributed by atoms with E-state index in [0.717, 1.165) is 16.2 Å². The number of aliphatic hydroxyl groups excluding tert-OH is 1. The zero-order chi connectivity index (χ0) is 20.0. The lowest BCUT2D eigenvalue weighted by Crippen LogP contribution is -2.29. The number of aromatic nitrogens is 2. The molecule has 29 heavy (non-hydrogen) atoms. The van der Waals surface area contributed by atoms with Gasteiger partial charge in [-0.15, -0.1) is 21.5 Å². The number of aliphatic hydroxyl groups is 1. The Hall–Kier alpha value is -3.24. The van der Waals surface area contributed by atoms with Crippen LogP contribution in [0.2, 0.25) is 0 Å². The van der Waals surface area contributed by atoms with Gasteiger partial charge in [0.15, 0.2) is 11.5 Å². The van der Waals surface area contributed by atoms with Gasteiger partial charge >= 0.3 is 5.91 Å². The van der Waals surface area contributed by atoms with Crippen LogP contribution in [0, 0.1) is 0 Å². The van der Waals surface area contributed by atoms with Gasteiger partial charge in [0, 0.05) is 10.4 Å². The minimum atomic E-state index is -0.781. The van der Waals surface area contributed by atoms with E-state index < -0.39 is 17.7 Å². The Morgan fingerprint density at radius 3 is 2.69 bits per heavy atom. The monoisotopic (exact) mass is 427 g/mol. The van der Waals surface area contributed by atoms with Crippen molar-refractivity contribution in [1.29, 1.82) is 0 Å². The molecule has 1 aromatic carbocycles. The number of rotatable bonds is 3. The normalized spacial score (nSPS) is 20.3. The minimum Gasteiger partial charge on any atom is -0.507 e. The van der Waals surface area contributed by atoms with Gasteiger partial charge in [-0.1, -0.05) is 17.4 Å². The summed E-state index contributed by atoms with van der Waals surface area (Å²) in [5.74, 6) is -0.751. The van der Waals surface area contributed by atoms with E-state index in [1.165, 1.54) is 21.7 Å². The summed E-state index contributed by atoms with van der Waals surface area (Å²) in [7, 11) is 0. The maximum absolute atomic E-state index is 12.9. The van der Waals surface area contributed by atoms with E-state index >= 15 is 0 Å². The smallest absolute Gasteiger partial charge is 0.301 e. The van der Waals surface area contributed by atoms with E-state index in [1.54, 1.807) is 18.2 Å². The summed E-state index contributed by atoms with van der Waals surface area (Å²) >= 11 is 2.53. The Labute approximate surface area is 172 Å². The van der Waals surface area contributed by atoms with Crippen molar-refractivity contribution in [3.05, 3.63) is 57.2 Å². The van der Waals surface area contributed by atoms with Crippen molar-refractivity contribution in [1.82, 2.24) is 10.2 Å². The number of thiophene rings is 1. The maximum atomic E-state index is 12.9. The van der Waals surface area contributed by atoms with Crippen LogP contribution in [-0.2, 0) is 9.59 Å². The first kappa shape index (κ1) is 17.8. The molecule has 0 aliphatic carbocycles. The lowest BCUT2D eigenvalue weighted by atomic mass is 9.99. The highest BCUT2D eigenvalue weighted by atomic mass is 32.1. The van der Waals surface area contributed by atoms with E-state index in [9.17, 15) is 14.7 Å². The second kappa shape index (κ2) is 6.98. The van der Waals surface area contributed by atoms with Crippen molar-refractivity contribution in [2.75, 3.05) is 18.1 Å². The highest BCUT2D eigenvalue weighted by molar-refractivity contribution is 7.13. The second-order valence-electron chi connectivity index (χ2n) is 6.26. The van der Waals surface area contributed by atoms with Gasteiger partial charge in [0.25, 0.3) is 5.78 Å². The summed E-state index contributed by atoms with van der Waals surface area (Å²) in [6.45, 7) is 0.845. The summed E-state index contributed by atoms with van der Waals surface area (Å²) in [6.07, 6.45) is 0. The van der Waals surface area contributed by atoms with Gasteiger partial charge in [0.1, 0.15) is 30.5 Å². The molecule has 1 unspecified atom stereocenters. The number of carbonyl (C=O) groups is 2. The highest BCUT2D eigenvalue weighted by Gasteiger charge is 2.48. The Bertz CT molecular complexity index is 1120. The molecule has 8 nitrogen and oxygen atoms in total. The first-order valence-corrected chi connectivity index (χ1v) is 10.4. The number of fused-ring (bicyclic) bond motifs is 1. The first-order valence-electron chi connectivity index (χ1n) is 8.66. The van der Waals surface area contributed by atoms with Crippen molar-refractivity contribution in [2.45, 2.75) is 6.04 Å². The molecule has 3 aromatic rings. The number of Topliss-reactive ketones (excluding diaryl/α,β-unsaturated/α-hetero) is 1. The summed E-state index contributed by atoms with van der Waals surface area (Å²) < 4.78 is 11.1. The zero-order valence-electron chi connectivity index (χ0n) is 14.8. The number of anilines is 1. The topological polar surface area (TPSA) is 102 Å². The fraction of sp³-hybridized carbons (Fsp3) is 0.158. The summed E-state index contributed by atoms with van der Waals surface area (Å²) in [5, 5.41) is 20.9. The first-order chi connectivity index (χ1) is 14.1. The van der Waals surface area contributed by atoms with Gasteiger partial charge in [-0.2, -0.15) is 0 Å². The Kier molecular flexibility index (Phi) is 4.29. The van der Waals surface area contributed by atoms with Gasteiger partial charge in [-0.3, -0.25) is 14.5 Å². The molecule has 4 heterocycles. The molecule has 1 N–H and O–H groups in total. The van der Waals surface area contributed by atoms with E-state index in [2.05, 4.69) is 10.2 Å². The van der Waals surface area contributed by atoms with Gasteiger partial charge in [-0.25, -0.2) is 0 Å². The van der Waals surface area contributed by atoms with E-state index in [0.29, 0.717) is 35.4 Å². The third kappa shape index (κ3) is 2.88. The third-order valence-electron chi connectivity index (χ3n) is 4.63. The molecule has 1 atom stereocenters. The summed E-state index contributed by atoms with van der Waals surface area (Å²) in [6, 6.07) is 7.76. The fourth-order valence-electron chi connectivity index (χ4n) is 3.36. The highest BCUT2D eigenvalue weighted by Crippen LogP contribution is 2.44. The Morgan fingerprint density at radius 1 is 1.14 bits per heavy atom. The predicted molar refractivity (Wildman–Crippen MR) is 106 cm³/mol. The molecule has 1 fully saturated rings. The fourth-order valence-corrected chi connectivity index (χ4v) is 4.77. The molecule has 10 heteroatoms. The van der Waals surface area contributed by atoms with Gasteiger partial charge in [0.05, 0.1) is 5.57 Å². The standard InChI is InChI=1S/C19H13N3O5S2/c23-16(10-3-4-11-12(8-10)27-6-5-26-11)14-15(13-2-1-7-28-13)22(18(25)17(14)24)19-21-20-9-29-19/h1-4,7-9,15,23H,5-6H2/b16-14+. The lowest BCUT2D eigenvalue weighted by molar-refractivity contribution is -0.132. The zero-order valence-corrected chi connectivity index (χ0v) is 16.4. The minimum absolute atomic E-state index is 0.00401. The molecule has 0 spiro atoms. The molecule has 146 valence electrons. The average Bonchev–Trinajstić information content (AvgIpc) is 3.49. The van der Waals surface area contributed by atoms with Crippen molar-refractivity contribution < 1.29 is 24.2 Å². The molecule has 0 bridgehead atoms. The lowest BCUT2D eigenvalue weighted by Gasteiger charge is -2.21. The number of amides is 1. The number of nitrogens with zero attached hydrogens (tertiary/aromatic N) is 3. The Balaban J connectivity index is 1.67. The summed E-state index contributed by atoms with van der Waals surface area (Å²) in [4.78, 5) is 27.8. The van der Waals surface area contributed by atoms with Crippen LogP contribution in [0.25, 0.3) is 5.76 Å². The number of hydrogen-bond acceptors (Lipinski definition) is 9. The van der Waals surface area contributed by atoms with Crippen LogP contribution >= 0.6 is 22.7 Å². The maximum Gasteiger partial charge on any atom is 0.301 e. The predicted octanol–water partition coefficient (Wildman–Crippen LogP) is 3.00. The van der Waals surface area contributed by atoms with Crippen LogP contribution in [0.1, 0.15) is 16.5 Å². The van der Waals surface area contributed by atoms with Crippen LogP contribution in [0.4, 0.5) is 5.13 Å². The quantitative estimate of drug-likeness (QED) is 0.389. The average molecular weight is 427 g/mol. The molecule has 0 saturated carbocycles. The van der Waals surface area contributed by atoms with Gasteiger partial charge in [-0.05, 0) is 29.6 Å². The van der Waals surface area contributed by atoms with Crippen molar-refractivity contribution in [2.24, 2.45) is 0 Å². The van der Waals surface area contributed by atoms with Crippen molar-refractivity contribution >= 4 is 45.3 Å². The van der Waals surface area contributed by atoms with Crippen LogP contribution < -0.4 is 14.4 Å². The number of hydrogen-bond donors (Lipinski definition) is 1. The summed E-state index contributed by atoms with van der Waals surface area (Å²) in [5.41, 5.74) is 1.86. The van der Waals surface area contributed by atoms with Crippen molar-refractivity contribution in [3.63, 3.8) is 0 Å². The second-order valence-corrected chi connectivity index (χ2v) is 8.06. The number of benzene rings is 1. The molecule has 2 aliphatic heterocycles.